The maximum Gasteiger partial charge on any atom is 0.283 e. The Morgan fingerprint density at radius 1 is 1.26 bits per heavy atom. The summed E-state index contributed by atoms with van der Waals surface area (Å²) in [5.41, 5.74) is 3.79. The van der Waals surface area contributed by atoms with Crippen LogP contribution in [0.4, 0.5) is 8.78 Å². The number of aromatic nitrogens is 2. The van der Waals surface area contributed by atoms with Gasteiger partial charge in [-0.3, -0.25) is 9.78 Å². The number of fused-ring (bicyclic) bond motifs is 1. The second kappa shape index (κ2) is 6.90. The number of alkyl halides is 2. The van der Waals surface area contributed by atoms with E-state index in [0.717, 1.165) is 29.7 Å². The summed E-state index contributed by atoms with van der Waals surface area (Å²) in [6, 6.07) is 10.2. The lowest BCUT2D eigenvalue weighted by Gasteiger charge is -2.14. The monoisotopic (exact) mass is 369 g/mol. The number of hydrogen-bond acceptors (Lipinski definition) is 4. The first kappa shape index (κ1) is 17.3. The van der Waals surface area contributed by atoms with Crippen molar-refractivity contribution in [1.82, 2.24) is 15.5 Å². The molecule has 1 aliphatic carbocycles. The smallest absolute Gasteiger partial charge is 0.283 e. The number of nitrogens with zero attached hydrogens (tertiary/aromatic N) is 2. The molecule has 138 valence electrons. The molecule has 0 aliphatic heterocycles. The van der Waals surface area contributed by atoms with Crippen molar-refractivity contribution in [2.45, 2.75) is 32.2 Å². The molecule has 0 saturated heterocycles. The fraction of sp³-hybridized carbons (Fsp3) is 0.250. The number of rotatable bonds is 4. The quantitative estimate of drug-likeness (QED) is 0.740. The molecule has 0 saturated carbocycles. The van der Waals surface area contributed by atoms with E-state index >= 15 is 0 Å². The zero-order valence-corrected chi connectivity index (χ0v) is 14.6. The minimum atomic E-state index is -2.66. The zero-order chi connectivity index (χ0) is 19.0. The van der Waals surface area contributed by atoms with Crippen LogP contribution in [0.1, 0.15) is 51.8 Å². The van der Waals surface area contributed by atoms with Gasteiger partial charge in [0, 0.05) is 29.1 Å². The van der Waals surface area contributed by atoms with Crippen molar-refractivity contribution in [1.29, 1.82) is 0 Å². The third-order valence-electron chi connectivity index (χ3n) is 4.72. The first-order valence-electron chi connectivity index (χ1n) is 8.63. The third-order valence-corrected chi connectivity index (χ3v) is 4.72. The number of nitrogens with one attached hydrogen (secondary N) is 1. The van der Waals surface area contributed by atoms with Gasteiger partial charge in [0.2, 0.25) is 0 Å². The summed E-state index contributed by atoms with van der Waals surface area (Å²) in [5, 5.41) is 6.45. The van der Waals surface area contributed by atoms with Gasteiger partial charge >= 0.3 is 0 Å². The fourth-order valence-corrected chi connectivity index (χ4v) is 3.38. The highest BCUT2D eigenvalue weighted by Crippen LogP contribution is 2.35. The topological polar surface area (TPSA) is 68.0 Å². The Bertz CT molecular complexity index is 1000. The molecule has 5 nitrogen and oxygen atoms in total. The van der Waals surface area contributed by atoms with Crippen LogP contribution in [0.15, 0.2) is 47.1 Å². The molecule has 1 aliphatic rings. The van der Waals surface area contributed by atoms with Crippen molar-refractivity contribution in [3.8, 4) is 11.3 Å². The second-order valence-corrected chi connectivity index (χ2v) is 6.58. The Balaban J connectivity index is 1.53. The molecule has 2 aromatic heterocycles. The van der Waals surface area contributed by atoms with E-state index in [1.165, 1.54) is 6.07 Å². The minimum Gasteiger partial charge on any atom is -0.356 e. The molecule has 7 heteroatoms. The van der Waals surface area contributed by atoms with Crippen molar-refractivity contribution in [2.24, 2.45) is 0 Å². The lowest BCUT2D eigenvalue weighted by Crippen LogP contribution is -2.27. The lowest BCUT2D eigenvalue weighted by molar-refractivity contribution is 0.0936. The van der Waals surface area contributed by atoms with E-state index in [0.29, 0.717) is 16.9 Å². The number of carbonyl (C=O) groups excluding carboxylic acids is 1. The minimum absolute atomic E-state index is 0.0821. The van der Waals surface area contributed by atoms with E-state index in [9.17, 15) is 13.6 Å². The van der Waals surface area contributed by atoms with Gasteiger partial charge in [0.05, 0.1) is 6.04 Å². The molecule has 0 spiro atoms. The van der Waals surface area contributed by atoms with E-state index < -0.39 is 6.43 Å². The van der Waals surface area contributed by atoms with E-state index in [4.69, 9.17) is 4.52 Å². The number of hydrogen-bond donors (Lipinski definition) is 1. The van der Waals surface area contributed by atoms with Gasteiger partial charge in [0.25, 0.3) is 12.3 Å². The van der Waals surface area contributed by atoms with Crippen molar-refractivity contribution in [2.75, 3.05) is 0 Å². The van der Waals surface area contributed by atoms with Crippen LogP contribution in [0, 0.1) is 6.92 Å². The summed E-state index contributed by atoms with van der Waals surface area (Å²) < 4.78 is 30.4. The number of amides is 1. The molecule has 27 heavy (non-hydrogen) atoms. The highest BCUT2D eigenvalue weighted by Gasteiger charge is 2.25. The SMILES string of the molecule is Cc1cc(C(=O)N[C@@H]2CCc3cc(-c4cc(C(F)F)no4)ccc32)ccn1. The summed E-state index contributed by atoms with van der Waals surface area (Å²) in [7, 11) is 0. The average Bonchev–Trinajstić information content (AvgIpc) is 3.29. The Kier molecular flexibility index (Phi) is 4.43. The van der Waals surface area contributed by atoms with Gasteiger partial charge in [0.15, 0.2) is 5.76 Å². The second-order valence-electron chi connectivity index (χ2n) is 6.58. The van der Waals surface area contributed by atoms with Gasteiger partial charge in [-0.2, -0.15) is 0 Å². The maximum atomic E-state index is 12.7. The van der Waals surface area contributed by atoms with Crippen molar-refractivity contribution in [3.63, 3.8) is 0 Å². The van der Waals surface area contributed by atoms with Gasteiger partial charge in [-0.1, -0.05) is 17.3 Å². The van der Waals surface area contributed by atoms with Crippen LogP contribution in [0.5, 0.6) is 0 Å². The van der Waals surface area contributed by atoms with E-state index in [1.807, 2.05) is 19.1 Å². The number of aryl methyl sites for hydroxylation is 2. The van der Waals surface area contributed by atoms with E-state index in [-0.39, 0.29) is 17.6 Å². The molecule has 0 radical (unpaired) electrons. The predicted molar refractivity (Wildman–Crippen MR) is 94.4 cm³/mol. The molecule has 1 atom stereocenters. The van der Waals surface area contributed by atoms with Crippen LogP contribution in [0.25, 0.3) is 11.3 Å². The molecule has 1 N–H and O–H groups in total. The van der Waals surface area contributed by atoms with Crippen LogP contribution in [-0.2, 0) is 6.42 Å². The molecule has 1 amide bonds. The van der Waals surface area contributed by atoms with Crippen molar-refractivity contribution >= 4 is 5.91 Å². The molecule has 0 fully saturated rings. The van der Waals surface area contributed by atoms with Crippen LogP contribution in [-0.4, -0.2) is 16.0 Å². The molecular formula is C20H17F2N3O2. The first-order valence-corrected chi connectivity index (χ1v) is 8.63. The standard InChI is InChI=1S/C20H17F2N3O2/c1-11-8-14(6-7-23-11)20(26)24-16-5-3-12-9-13(2-4-15(12)16)18-10-17(19(21)22)25-27-18/h2,4,6-10,16,19H,3,5H2,1H3,(H,24,26)/t16-/m1/s1. The largest absolute Gasteiger partial charge is 0.356 e. The van der Waals surface area contributed by atoms with E-state index in [1.54, 1.807) is 24.4 Å². The van der Waals surface area contributed by atoms with Crippen molar-refractivity contribution < 1.29 is 18.1 Å². The summed E-state index contributed by atoms with van der Waals surface area (Å²) >= 11 is 0. The van der Waals surface area contributed by atoms with Crippen molar-refractivity contribution in [3.05, 3.63) is 70.7 Å². The van der Waals surface area contributed by atoms with Gasteiger partial charge in [0.1, 0.15) is 5.69 Å². The molecular weight excluding hydrogens is 352 g/mol. The van der Waals surface area contributed by atoms with Gasteiger partial charge in [-0.15, -0.1) is 0 Å². The summed E-state index contributed by atoms with van der Waals surface area (Å²) in [6.45, 7) is 1.84. The van der Waals surface area contributed by atoms with Crippen LogP contribution in [0.2, 0.25) is 0 Å². The number of carbonyl (C=O) groups is 1. The Morgan fingerprint density at radius 2 is 2.11 bits per heavy atom. The van der Waals surface area contributed by atoms with Crippen LogP contribution < -0.4 is 5.32 Å². The van der Waals surface area contributed by atoms with E-state index in [2.05, 4.69) is 15.5 Å². The maximum absolute atomic E-state index is 12.7. The summed E-state index contributed by atoms with van der Waals surface area (Å²) in [4.78, 5) is 16.6. The third kappa shape index (κ3) is 3.45. The fourth-order valence-electron chi connectivity index (χ4n) is 3.38. The summed E-state index contributed by atoms with van der Waals surface area (Å²) in [6.07, 6.45) is 0.532. The molecule has 0 unspecified atom stereocenters. The molecule has 0 bridgehead atoms. The Labute approximate surface area is 154 Å². The number of halogens is 2. The first-order chi connectivity index (χ1) is 13.0. The molecule has 1 aromatic carbocycles. The summed E-state index contributed by atoms with van der Waals surface area (Å²) in [5.74, 6) is 0.173. The predicted octanol–water partition coefficient (Wildman–Crippen LogP) is 4.40. The number of benzene rings is 1. The van der Waals surface area contributed by atoms with Crippen LogP contribution in [0.3, 0.4) is 0 Å². The highest BCUT2D eigenvalue weighted by atomic mass is 19.3. The molecule has 3 aromatic rings. The average molecular weight is 369 g/mol. The lowest BCUT2D eigenvalue weighted by atomic mass is 10.0. The highest BCUT2D eigenvalue weighted by molar-refractivity contribution is 5.94. The van der Waals surface area contributed by atoms with Gasteiger partial charge < -0.3 is 9.84 Å². The zero-order valence-electron chi connectivity index (χ0n) is 14.6. The normalized spacial score (nSPS) is 15.8. The van der Waals surface area contributed by atoms with Gasteiger partial charge in [-0.25, -0.2) is 8.78 Å². The Hall–Kier alpha value is -3.09. The number of pyridine rings is 1. The molecule has 4 rings (SSSR count). The van der Waals surface area contributed by atoms with Gasteiger partial charge in [-0.05, 0) is 49.1 Å². The van der Waals surface area contributed by atoms with Crippen LogP contribution >= 0.6 is 0 Å². The Morgan fingerprint density at radius 3 is 2.85 bits per heavy atom. The molecule has 2 heterocycles.